The molecule has 10 rings (SSSR count). The molecule has 0 spiro atoms. The van der Waals surface area contributed by atoms with Gasteiger partial charge in [-0.05, 0) is 85.5 Å². The summed E-state index contributed by atoms with van der Waals surface area (Å²) in [6.45, 7) is 6.84. The molecule has 282 valence electrons. The van der Waals surface area contributed by atoms with Crippen LogP contribution in [0.15, 0.2) is 186 Å². The maximum absolute atomic E-state index is 5.70. The van der Waals surface area contributed by atoms with E-state index < -0.39 is 0 Å². The van der Waals surface area contributed by atoms with Gasteiger partial charge < -0.3 is 9.13 Å². The number of benzene rings is 7. The van der Waals surface area contributed by atoms with Crippen LogP contribution in [0.3, 0.4) is 0 Å². The van der Waals surface area contributed by atoms with Crippen LogP contribution in [0, 0.1) is 0 Å². The summed E-state index contributed by atoms with van der Waals surface area (Å²) in [7, 11) is 0. The normalized spacial score (nSPS) is 13.2. The molecule has 0 N–H and O–H groups in total. The molecular weight excluding hydrogens is 705 g/mol. The summed E-state index contributed by atoms with van der Waals surface area (Å²) in [5, 5.41) is 7.51. The quantitative estimate of drug-likeness (QED) is 0.125. The molecular formula is C54H46N4. The van der Waals surface area contributed by atoms with E-state index >= 15 is 0 Å². The minimum Gasteiger partial charge on any atom is -0.313 e. The topological polar surface area (TPSA) is 27.1 Å². The molecule has 4 nitrogen and oxygen atoms in total. The summed E-state index contributed by atoms with van der Waals surface area (Å²) in [5.41, 5.74) is 13.2. The maximum Gasteiger partial charge on any atom is 0.133 e. The maximum atomic E-state index is 5.70. The van der Waals surface area contributed by atoms with Gasteiger partial charge in [-0.15, -0.1) is 0 Å². The van der Waals surface area contributed by atoms with Crippen LogP contribution in [0.2, 0.25) is 0 Å². The van der Waals surface area contributed by atoms with Crippen LogP contribution in [0.4, 0.5) is 0 Å². The molecule has 0 amide bonds. The zero-order valence-corrected chi connectivity index (χ0v) is 33.4. The number of allylic oxidation sites excluding steroid dienone is 3. The van der Waals surface area contributed by atoms with Crippen LogP contribution < -0.4 is 0 Å². The second-order valence-electron chi connectivity index (χ2n) is 15.3. The zero-order chi connectivity index (χ0) is 39.2. The van der Waals surface area contributed by atoms with Crippen molar-refractivity contribution in [3.05, 3.63) is 187 Å². The zero-order valence-electron chi connectivity index (χ0n) is 33.4. The number of rotatable bonds is 10. The molecule has 0 aliphatic carbocycles. The predicted octanol–water partition coefficient (Wildman–Crippen LogP) is 14.8. The Morgan fingerprint density at radius 1 is 0.500 bits per heavy atom. The van der Waals surface area contributed by atoms with Crippen molar-refractivity contribution < 1.29 is 0 Å². The molecule has 3 heterocycles. The molecule has 0 unspecified atom stereocenters. The van der Waals surface area contributed by atoms with Crippen molar-refractivity contribution in [2.75, 3.05) is 0 Å². The fourth-order valence-corrected chi connectivity index (χ4v) is 9.12. The number of aliphatic imine (C=N–C) groups is 1. The molecule has 3 aromatic heterocycles. The molecule has 0 aliphatic rings. The summed E-state index contributed by atoms with van der Waals surface area (Å²) in [5.74, 6) is 0.972. The smallest absolute Gasteiger partial charge is 0.133 e. The number of unbranched alkanes of at least 4 members (excludes halogenated alkanes) is 1. The standard InChI is InChI=1S/C54H46N4/c1-4-6-33-54(58-50-31-19-13-25-41(50)42-26-14-20-32-51(42)58)55-47(39-21-9-7-10-22-39)34-38(5-2)37(3)56-48-29-17-15-27-43(48)45-36-53-46(35-52(45)56)44-28-16-18-30-49(44)57(53)40-23-11-8-12-24-40/h7-33,35-36H,4-6,34H2,1-3H3/b38-37?,54-33-,55-47+. The number of hydrogen-bond donors (Lipinski definition) is 0. The first-order chi connectivity index (χ1) is 28.6. The Bertz CT molecular complexity index is 3190. The van der Waals surface area contributed by atoms with E-state index in [0.29, 0.717) is 0 Å². The van der Waals surface area contributed by atoms with E-state index in [0.717, 1.165) is 42.8 Å². The molecule has 10 aromatic rings. The van der Waals surface area contributed by atoms with Gasteiger partial charge in [0.2, 0.25) is 0 Å². The number of aromatic nitrogens is 3. The Morgan fingerprint density at radius 2 is 0.983 bits per heavy atom. The largest absolute Gasteiger partial charge is 0.313 e. The van der Waals surface area contributed by atoms with Gasteiger partial charge in [0.05, 0.1) is 38.8 Å². The Hall–Kier alpha value is -6.91. The summed E-state index contributed by atoms with van der Waals surface area (Å²) in [6.07, 6.45) is 5.92. The van der Waals surface area contributed by atoms with E-state index in [4.69, 9.17) is 4.99 Å². The van der Waals surface area contributed by atoms with Crippen LogP contribution in [0.5, 0.6) is 0 Å². The Kier molecular flexibility index (Phi) is 9.10. The van der Waals surface area contributed by atoms with Gasteiger partial charge in [-0.1, -0.05) is 142 Å². The van der Waals surface area contributed by atoms with Crippen molar-refractivity contribution in [3.8, 4) is 5.69 Å². The van der Waals surface area contributed by atoms with Crippen LogP contribution >= 0.6 is 0 Å². The van der Waals surface area contributed by atoms with Crippen LogP contribution in [0.1, 0.15) is 52.0 Å². The fourth-order valence-electron chi connectivity index (χ4n) is 9.12. The van der Waals surface area contributed by atoms with E-state index in [1.807, 2.05) is 0 Å². The lowest BCUT2D eigenvalue weighted by Gasteiger charge is -2.18. The van der Waals surface area contributed by atoms with Crippen molar-refractivity contribution in [1.82, 2.24) is 13.7 Å². The van der Waals surface area contributed by atoms with Crippen molar-refractivity contribution in [1.29, 1.82) is 0 Å². The Labute approximate surface area is 339 Å². The van der Waals surface area contributed by atoms with E-state index in [1.165, 1.54) is 82.4 Å². The number of para-hydroxylation sites is 5. The number of hydrogen-bond acceptors (Lipinski definition) is 1. The van der Waals surface area contributed by atoms with Crippen molar-refractivity contribution >= 4 is 82.6 Å². The van der Waals surface area contributed by atoms with Gasteiger partial charge in [0.1, 0.15) is 5.82 Å². The third-order valence-corrected chi connectivity index (χ3v) is 11.9. The predicted molar refractivity (Wildman–Crippen MR) is 249 cm³/mol. The molecule has 0 radical (unpaired) electrons. The minimum absolute atomic E-state index is 0.719. The SMILES string of the molecule is CCC/C=C(/N=C(\CC(CC)=C(C)n1c2ccccc2c2cc3c(cc21)c1ccccc1n3-c1ccccc1)c1ccccc1)n1c2ccccc2c2ccccc21. The van der Waals surface area contributed by atoms with E-state index in [-0.39, 0.29) is 0 Å². The lowest BCUT2D eigenvalue weighted by Crippen LogP contribution is -2.08. The molecule has 0 fully saturated rings. The van der Waals surface area contributed by atoms with Crippen LogP contribution in [-0.4, -0.2) is 19.4 Å². The first kappa shape index (κ1) is 35.5. The van der Waals surface area contributed by atoms with Gasteiger partial charge in [0.15, 0.2) is 0 Å². The highest BCUT2D eigenvalue weighted by atomic mass is 15.1. The lowest BCUT2D eigenvalue weighted by molar-refractivity contribution is 0.948. The highest BCUT2D eigenvalue weighted by Crippen LogP contribution is 2.40. The monoisotopic (exact) mass is 750 g/mol. The van der Waals surface area contributed by atoms with Crippen molar-refractivity contribution in [3.63, 3.8) is 0 Å². The molecule has 58 heavy (non-hydrogen) atoms. The van der Waals surface area contributed by atoms with Gasteiger partial charge in [-0.25, -0.2) is 4.99 Å². The molecule has 4 heteroatoms. The van der Waals surface area contributed by atoms with Gasteiger partial charge in [-0.2, -0.15) is 0 Å². The average Bonchev–Trinajstić information content (AvgIpc) is 3.91. The highest BCUT2D eigenvalue weighted by molar-refractivity contribution is 6.19. The average molecular weight is 751 g/mol. The van der Waals surface area contributed by atoms with E-state index in [9.17, 15) is 0 Å². The molecule has 0 atom stereocenters. The van der Waals surface area contributed by atoms with Crippen LogP contribution in [0.25, 0.3) is 82.6 Å². The molecule has 7 aromatic carbocycles. The second-order valence-corrected chi connectivity index (χ2v) is 15.3. The van der Waals surface area contributed by atoms with Gasteiger partial charge in [-0.3, -0.25) is 4.57 Å². The van der Waals surface area contributed by atoms with Crippen molar-refractivity contribution in [2.45, 2.75) is 46.5 Å². The van der Waals surface area contributed by atoms with E-state index in [1.54, 1.807) is 0 Å². The molecule has 0 saturated carbocycles. The van der Waals surface area contributed by atoms with E-state index in [2.05, 4.69) is 210 Å². The fraction of sp³-hybridized carbons (Fsp3) is 0.130. The van der Waals surface area contributed by atoms with Gasteiger partial charge in [0.25, 0.3) is 0 Å². The first-order valence-corrected chi connectivity index (χ1v) is 20.7. The number of nitrogens with zero attached hydrogens (tertiary/aromatic N) is 4. The second kappa shape index (κ2) is 14.9. The Balaban J connectivity index is 1.19. The molecule has 0 bridgehead atoms. The third-order valence-electron chi connectivity index (χ3n) is 11.9. The Morgan fingerprint density at radius 3 is 1.59 bits per heavy atom. The summed E-state index contributed by atoms with van der Waals surface area (Å²) in [6, 6.07) is 61.5. The molecule has 0 saturated heterocycles. The summed E-state index contributed by atoms with van der Waals surface area (Å²) >= 11 is 0. The number of fused-ring (bicyclic) bond motifs is 9. The lowest BCUT2D eigenvalue weighted by atomic mass is 9.98. The van der Waals surface area contributed by atoms with Gasteiger partial charge >= 0.3 is 0 Å². The minimum atomic E-state index is 0.719. The van der Waals surface area contributed by atoms with Gasteiger partial charge in [0, 0.05) is 50.1 Å². The first-order valence-electron chi connectivity index (χ1n) is 20.7. The molecule has 0 aliphatic heterocycles. The highest BCUT2D eigenvalue weighted by Gasteiger charge is 2.21. The summed E-state index contributed by atoms with van der Waals surface area (Å²) in [4.78, 5) is 5.70. The third kappa shape index (κ3) is 5.87. The van der Waals surface area contributed by atoms with Crippen LogP contribution in [-0.2, 0) is 0 Å². The van der Waals surface area contributed by atoms with Crippen molar-refractivity contribution in [2.24, 2.45) is 4.99 Å². The summed E-state index contributed by atoms with van der Waals surface area (Å²) < 4.78 is 7.30.